The first-order chi connectivity index (χ1) is 13.7. The molecule has 0 radical (unpaired) electrons. The van der Waals surface area contributed by atoms with Crippen molar-refractivity contribution in [2.24, 2.45) is 5.73 Å². The van der Waals surface area contributed by atoms with E-state index in [1.54, 1.807) is 6.92 Å². The van der Waals surface area contributed by atoms with Gasteiger partial charge in [0, 0.05) is 6.54 Å². The lowest BCUT2D eigenvalue weighted by Gasteiger charge is -2.11. The van der Waals surface area contributed by atoms with Crippen LogP contribution in [0.2, 0.25) is 0 Å². The lowest BCUT2D eigenvalue weighted by Crippen LogP contribution is -2.37. The fraction of sp³-hybridized carbons (Fsp3) is 0.278. The average Bonchev–Trinajstić information content (AvgIpc) is 2.68. The molecule has 11 nitrogen and oxygen atoms in total. The Morgan fingerprint density at radius 2 is 1.76 bits per heavy atom. The zero-order valence-corrected chi connectivity index (χ0v) is 15.6. The topological polar surface area (TPSA) is 177 Å². The summed E-state index contributed by atoms with van der Waals surface area (Å²) in [6.45, 7) is 0.959. The molecular weight excluding hydrogens is 384 g/mol. The van der Waals surface area contributed by atoms with Gasteiger partial charge in [0.2, 0.25) is 5.78 Å². The number of ether oxygens (including phenoxy) is 2. The molecule has 0 fully saturated rings. The smallest absolute Gasteiger partial charge is 0.338 e. The number of nitrogens with two attached hydrogens (primary N) is 2. The van der Waals surface area contributed by atoms with Crippen molar-refractivity contribution in [3.05, 3.63) is 56.2 Å². The lowest BCUT2D eigenvalue weighted by atomic mass is 10.2. The van der Waals surface area contributed by atoms with E-state index in [9.17, 15) is 24.0 Å². The second kappa shape index (κ2) is 9.35. The van der Waals surface area contributed by atoms with E-state index in [-0.39, 0.29) is 24.5 Å². The summed E-state index contributed by atoms with van der Waals surface area (Å²) in [5.74, 6) is -2.28. The molecule has 1 amide bonds. The average molecular weight is 404 g/mol. The highest BCUT2D eigenvalue weighted by Crippen LogP contribution is 2.13. The number of hydrogen-bond acceptors (Lipinski definition) is 8. The highest BCUT2D eigenvalue weighted by molar-refractivity contribution is 6.02. The van der Waals surface area contributed by atoms with Crippen LogP contribution in [0.15, 0.2) is 33.9 Å². The van der Waals surface area contributed by atoms with Gasteiger partial charge in [0.15, 0.2) is 13.2 Å². The van der Waals surface area contributed by atoms with Crippen molar-refractivity contribution in [3.8, 4) is 5.75 Å². The minimum atomic E-state index is -0.947. The van der Waals surface area contributed by atoms with Gasteiger partial charge in [-0.3, -0.25) is 23.9 Å². The molecule has 0 aliphatic heterocycles. The number of aromatic amines is 1. The van der Waals surface area contributed by atoms with Crippen LogP contribution < -0.4 is 27.5 Å². The summed E-state index contributed by atoms with van der Waals surface area (Å²) in [6.07, 6.45) is 0.553. The zero-order valence-electron chi connectivity index (χ0n) is 15.6. The molecule has 0 bridgehead atoms. The molecule has 1 aromatic carbocycles. The Kier molecular flexibility index (Phi) is 6.90. The van der Waals surface area contributed by atoms with Crippen LogP contribution in [0.5, 0.6) is 5.75 Å². The van der Waals surface area contributed by atoms with Gasteiger partial charge in [0.25, 0.3) is 11.5 Å². The van der Waals surface area contributed by atoms with Gasteiger partial charge in [-0.1, -0.05) is 6.92 Å². The number of primary amides is 1. The van der Waals surface area contributed by atoms with Crippen LogP contribution >= 0.6 is 0 Å². The number of aromatic nitrogens is 2. The van der Waals surface area contributed by atoms with E-state index in [0.29, 0.717) is 12.2 Å². The lowest BCUT2D eigenvalue weighted by molar-refractivity contribution is -0.119. The third-order valence-electron chi connectivity index (χ3n) is 3.77. The summed E-state index contributed by atoms with van der Waals surface area (Å²) < 4.78 is 11.1. The molecule has 0 atom stereocenters. The zero-order chi connectivity index (χ0) is 21.6. The van der Waals surface area contributed by atoms with Crippen LogP contribution in [-0.4, -0.2) is 40.4 Å². The van der Waals surface area contributed by atoms with E-state index < -0.39 is 41.1 Å². The number of nitrogen functional groups attached to an aromatic ring is 1. The molecule has 0 saturated heterocycles. The van der Waals surface area contributed by atoms with E-state index in [2.05, 4.69) is 0 Å². The van der Waals surface area contributed by atoms with E-state index in [1.807, 2.05) is 4.98 Å². The van der Waals surface area contributed by atoms with Crippen LogP contribution in [-0.2, 0) is 16.1 Å². The Hall–Kier alpha value is -3.89. The first kappa shape index (κ1) is 21.4. The Morgan fingerprint density at radius 1 is 1.10 bits per heavy atom. The van der Waals surface area contributed by atoms with E-state index in [0.717, 1.165) is 4.57 Å². The number of carbonyl (C=O) groups is 3. The molecule has 5 N–H and O–H groups in total. The van der Waals surface area contributed by atoms with Gasteiger partial charge >= 0.3 is 11.7 Å². The van der Waals surface area contributed by atoms with Crippen molar-refractivity contribution in [2.45, 2.75) is 19.9 Å². The molecule has 154 valence electrons. The fourth-order valence-corrected chi connectivity index (χ4v) is 2.43. The van der Waals surface area contributed by atoms with Crippen molar-refractivity contribution in [1.29, 1.82) is 0 Å². The number of amides is 1. The molecule has 0 aliphatic carbocycles. The van der Waals surface area contributed by atoms with Crippen LogP contribution in [0.25, 0.3) is 0 Å². The van der Waals surface area contributed by atoms with Crippen LogP contribution in [0.1, 0.15) is 34.1 Å². The van der Waals surface area contributed by atoms with E-state index in [1.165, 1.54) is 24.3 Å². The van der Waals surface area contributed by atoms with Gasteiger partial charge in [0.1, 0.15) is 17.1 Å². The van der Waals surface area contributed by atoms with Crippen LogP contribution in [0, 0.1) is 0 Å². The fourth-order valence-electron chi connectivity index (χ4n) is 2.43. The molecule has 11 heteroatoms. The molecular formula is C18H20N4O7. The maximum absolute atomic E-state index is 12.3. The Labute approximate surface area is 164 Å². The Bertz CT molecular complexity index is 1040. The largest absolute Gasteiger partial charge is 0.484 e. The number of nitrogens with zero attached hydrogens (tertiary/aromatic N) is 1. The summed E-state index contributed by atoms with van der Waals surface area (Å²) in [5.41, 5.74) is 8.76. The maximum atomic E-state index is 12.3. The van der Waals surface area contributed by atoms with Gasteiger partial charge in [-0.2, -0.15) is 0 Å². The number of esters is 1. The molecule has 0 aliphatic rings. The minimum Gasteiger partial charge on any atom is -0.484 e. The number of H-pyrrole nitrogens is 1. The van der Waals surface area contributed by atoms with Gasteiger partial charge in [-0.25, -0.2) is 9.59 Å². The molecule has 1 heterocycles. The van der Waals surface area contributed by atoms with E-state index in [4.69, 9.17) is 20.9 Å². The number of Topliss-reactive ketones (excluding diaryl/α,β-unsaturated/α-hetero) is 1. The Balaban J connectivity index is 2.08. The van der Waals surface area contributed by atoms with Crippen molar-refractivity contribution in [3.63, 3.8) is 0 Å². The van der Waals surface area contributed by atoms with Crippen LogP contribution in [0.4, 0.5) is 5.82 Å². The monoisotopic (exact) mass is 404 g/mol. The normalized spacial score (nSPS) is 10.4. The number of anilines is 1. The standard InChI is InChI=1S/C18H20N4O7/c1-2-7-22-15(20)14(16(25)21-18(22)27)12(23)8-29-17(26)10-3-5-11(6-4-10)28-9-13(19)24/h3-6H,2,7-9,20H2,1H3,(H2,19,24)(H,21,25,27). The first-order valence-corrected chi connectivity index (χ1v) is 8.58. The molecule has 1 aromatic heterocycles. The second-order valence-electron chi connectivity index (χ2n) is 5.95. The number of benzene rings is 1. The molecule has 0 unspecified atom stereocenters. The highest BCUT2D eigenvalue weighted by Gasteiger charge is 2.21. The summed E-state index contributed by atoms with van der Waals surface area (Å²) >= 11 is 0. The third kappa shape index (κ3) is 5.31. The summed E-state index contributed by atoms with van der Waals surface area (Å²) in [7, 11) is 0. The molecule has 2 rings (SSSR count). The molecule has 29 heavy (non-hydrogen) atoms. The molecule has 0 spiro atoms. The first-order valence-electron chi connectivity index (χ1n) is 8.58. The molecule has 2 aromatic rings. The van der Waals surface area contributed by atoms with Gasteiger partial charge in [-0.05, 0) is 30.7 Å². The van der Waals surface area contributed by atoms with Crippen LogP contribution in [0.3, 0.4) is 0 Å². The second-order valence-corrected chi connectivity index (χ2v) is 5.95. The number of nitrogens with one attached hydrogen (secondary N) is 1. The number of ketones is 1. The highest BCUT2D eigenvalue weighted by atomic mass is 16.5. The predicted octanol–water partition coefficient (Wildman–Crippen LogP) is -0.567. The van der Waals surface area contributed by atoms with Crippen molar-refractivity contribution >= 4 is 23.5 Å². The van der Waals surface area contributed by atoms with Crippen molar-refractivity contribution in [1.82, 2.24) is 9.55 Å². The van der Waals surface area contributed by atoms with E-state index >= 15 is 0 Å². The Morgan fingerprint density at radius 3 is 2.34 bits per heavy atom. The maximum Gasteiger partial charge on any atom is 0.338 e. The quantitative estimate of drug-likeness (QED) is 0.367. The van der Waals surface area contributed by atoms with Crippen molar-refractivity contribution in [2.75, 3.05) is 18.9 Å². The summed E-state index contributed by atoms with van der Waals surface area (Å²) in [6, 6.07) is 5.58. The number of hydrogen-bond donors (Lipinski definition) is 3. The van der Waals surface area contributed by atoms with Gasteiger partial charge in [-0.15, -0.1) is 0 Å². The summed E-state index contributed by atoms with van der Waals surface area (Å²) in [4.78, 5) is 60.9. The van der Waals surface area contributed by atoms with Crippen molar-refractivity contribution < 1.29 is 23.9 Å². The van der Waals surface area contributed by atoms with Gasteiger partial charge < -0.3 is 20.9 Å². The SMILES string of the molecule is CCCn1c(N)c(C(=O)COC(=O)c2ccc(OCC(N)=O)cc2)c(=O)[nH]c1=O. The minimum absolute atomic E-state index is 0.113. The summed E-state index contributed by atoms with van der Waals surface area (Å²) in [5, 5.41) is 0. The number of carbonyl (C=O) groups excluding carboxylic acids is 3. The molecule has 0 saturated carbocycles. The number of rotatable bonds is 9. The van der Waals surface area contributed by atoms with Gasteiger partial charge in [0.05, 0.1) is 5.56 Å². The third-order valence-corrected chi connectivity index (χ3v) is 3.77. The predicted molar refractivity (Wildman–Crippen MR) is 102 cm³/mol.